The van der Waals surface area contributed by atoms with Crippen LogP contribution in [0.5, 0.6) is 5.88 Å². The number of benzene rings is 2. The molecule has 5 heterocycles. The summed E-state index contributed by atoms with van der Waals surface area (Å²) < 4.78 is 7.25. The van der Waals surface area contributed by atoms with Gasteiger partial charge in [0.1, 0.15) is 5.82 Å². The minimum absolute atomic E-state index is 0.0979. The van der Waals surface area contributed by atoms with Crippen molar-refractivity contribution in [2.24, 2.45) is 7.05 Å². The van der Waals surface area contributed by atoms with Crippen molar-refractivity contribution in [3.63, 3.8) is 0 Å². The maximum Gasteiger partial charge on any atom is 0.278 e. The highest BCUT2D eigenvalue weighted by molar-refractivity contribution is 6.36. The van der Waals surface area contributed by atoms with Gasteiger partial charge in [0, 0.05) is 66.6 Å². The Labute approximate surface area is 283 Å². The Balaban J connectivity index is 1.12. The Bertz CT molecular complexity index is 2180. The number of aryl methyl sites for hydroxylation is 2. The van der Waals surface area contributed by atoms with Gasteiger partial charge in [0.2, 0.25) is 11.8 Å². The van der Waals surface area contributed by atoms with Gasteiger partial charge in [0.25, 0.3) is 5.56 Å². The normalized spacial score (nSPS) is 20.4. The number of hydrogen-bond acceptors (Lipinski definition) is 8. The molecule has 3 aliphatic rings. The molecule has 5 aromatic rings. The zero-order valence-corrected chi connectivity index (χ0v) is 27.9. The van der Waals surface area contributed by atoms with E-state index < -0.39 is 0 Å². The third kappa shape index (κ3) is 5.02. The van der Waals surface area contributed by atoms with Gasteiger partial charge in [-0.1, -0.05) is 41.9 Å². The van der Waals surface area contributed by atoms with E-state index in [2.05, 4.69) is 31.7 Å². The first-order chi connectivity index (χ1) is 23.2. The summed E-state index contributed by atoms with van der Waals surface area (Å²) >= 11 is 7.23. The molecule has 10 nitrogen and oxygen atoms in total. The number of nitrogens with zero attached hydrogens (tertiary/aromatic N) is 5. The first-order valence-corrected chi connectivity index (χ1v) is 16.7. The Morgan fingerprint density at radius 3 is 2.69 bits per heavy atom. The fraction of sp³-hybridized carbons (Fsp3) is 0.324. The summed E-state index contributed by atoms with van der Waals surface area (Å²) in [6, 6.07) is 16.2. The van der Waals surface area contributed by atoms with Crippen LogP contribution < -0.4 is 20.9 Å². The summed E-state index contributed by atoms with van der Waals surface area (Å²) in [5, 5.41) is 12.6. The molecule has 0 saturated carbocycles. The number of hydrogen-bond donors (Lipinski definition) is 2. The van der Waals surface area contributed by atoms with Gasteiger partial charge in [-0.3, -0.25) is 14.5 Å². The second kappa shape index (κ2) is 11.7. The van der Waals surface area contributed by atoms with Crippen molar-refractivity contribution in [1.82, 2.24) is 30.0 Å². The topological polar surface area (TPSA) is 114 Å². The lowest BCUT2D eigenvalue weighted by atomic mass is 9.96. The van der Waals surface area contributed by atoms with Crippen LogP contribution in [0.25, 0.3) is 33.2 Å². The number of fused-ring (bicyclic) bond motifs is 2. The molecule has 2 atom stereocenters. The molecule has 48 heavy (non-hydrogen) atoms. The summed E-state index contributed by atoms with van der Waals surface area (Å²) in [4.78, 5) is 37.0. The zero-order chi connectivity index (χ0) is 33.2. The number of ether oxygens (including phenoxy) is 1. The lowest BCUT2D eigenvalue weighted by Crippen LogP contribution is -2.44. The number of methoxy groups -OCH3 is 1. The molecular weight excluding hydrogens is 626 g/mol. The maximum atomic E-state index is 13.0. The van der Waals surface area contributed by atoms with Crippen molar-refractivity contribution < 1.29 is 9.53 Å². The van der Waals surface area contributed by atoms with Crippen LogP contribution in [0.3, 0.4) is 0 Å². The molecule has 1 spiro atoms. The summed E-state index contributed by atoms with van der Waals surface area (Å²) in [5.41, 5.74) is 7.28. The van der Waals surface area contributed by atoms with Crippen LogP contribution in [-0.2, 0) is 18.3 Å². The number of likely N-dealkylation sites (tertiary alicyclic amines) is 1. The van der Waals surface area contributed by atoms with Crippen molar-refractivity contribution in [3.8, 4) is 28.3 Å². The fourth-order valence-electron chi connectivity index (χ4n) is 7.89. The molecule has 8 rings (SSSR count). The SMILES string of the molecule is COc1nc(-c2cccc(-c3cccc(Nc4nccc5cnn(C)c(=O)c45)c3C)c2Cl)cc2c1C(N1CCC3(CCC(=O)N3)C1)CC2. The van der Waals surface area contributed by atoms with Crippen LogP contribution in [0, 0.1) is 6.92 Å². The molecule has 2 aliphatic heterocycles. The predicted octanol–water partition coefficient (Wildman–Crippen LogP) is 6.11. The number of anilines is 2. The number of carbonyl (C=O) groups is 1. The van der Waals surface area contributed by atoms with Gasteiger partial charge in [-0.2, -0.15) is 5.10 Å². The molecule has 0 radical (unpaired) electrons. The van der Waals surface area contributed by atoms with E-state index in [0.717, 1.165) is 83.4 Å². The van der Waals surface area contributed by atoms with E-state index in [1.807, 2.05) is 43.3 Å². The highest BCUT2D eigenvalue weighted by Crippen LogP contribution is 2.47. The first kappa shape index (κ1) is 30.5. The number of aromatic nitrogens is 4. The van der Waals surface area contributed by atoms with Crippen LogP contribution >= 0.6 is 11.6 Å². The molecule has 1 amide bonds. The molecule has 3 aromatic heterocycles. The van der Waals surface area contributed by atoms with E-state index in [9.17, 15) is 9.59 Å². The van der Waals surface area contributed by atoms with Crippen molar-refractivity contribution in [2.75, 3.05) is 25.5 Å². The average Bonchev–Trinajstić information content (AvgIpc) is 3.81. The Hall–Kier alpha value is -4.80. The van der Waals surface area contributed by atoms with Crippen molar-refractivity contribution in [1.29, 1.82) is 0 Å². The first-order valence-electron chi connectivity index (χ1n) is 16.3. The number of nitrogens with one attached hydrogen (secondary N) is 2. The van der Waals surface area contributed by atoms with Crippen molar-refractivity contribution >= 4 is 39.8 Å². The molecule has 2 fully saturated rings. The van der Waals surface area contributed by atoms with E-state index in [1.54, 1.807) is 32.6 Å². The molecule has 2 unspecified atom stereocenters. The lowest BCUT2D eigenvalue weighted by Gasteiger charge is -2.28. The molecule has 11 heteroatoms. The van der Waals surface area contributed by atoms with E-state index in [1.165, 1.54) is 10.2 Å². The smallest absolute Gasteiger partial charge is 0.278 e. The highest BCUT2D eigenvalue weighted by Gasteiger charge is 2.46. The van der Waals surface area contributed by atoms with Gasteiger partial charge in [-0.05, 0) is 67.5 Å². The summed E-state index contributed by atoms with van der Waals surface area (Å²) in [5.74, 6) is 1.27. The average molecular weight is 662 g/mol. The van der Waals surface area contributed by atoms with Crippen LogP contribution in [-0.4, -0.2) is 56.3 Å². The quantitative estimate of drug-likeness (QED) is 0.224. The van der Waals surface area contributed by atoms with Crippen LogP contribution in [0.1, 0.15) is 48.4 Å². The second-order valence-corrected chi connectivity index (χ2v) is 13.5. The third-order valence-electron chi connectivity index (χ3n) is 10.4. The number of pyridine rings is 2. The standard InChI is InChI=1S/C37H36ClN7O3/c1-21-24(6-5-9-27(21)41-34-32-23(13-16-39-34)19-40-44(2)36(32)47)25-7-4-8-26(33(25)38)28-18-22-10-11-29(31(22)35(42-28)48-3)45-17-15-37(20-45)14-12-30(46)43-37/h4-9,13,16,18-19,29H,10-12,14-15,17,20H2,1-3H3,(H,39,41)(H,43,46). The van der Waals surface area contributed by atoms with Crippen LogP contribution in [0.2, 0.25) is 5.02 Å². The summed E-state index contributed by atoms with van der Waals surface area (Å²) in [6.07, 6.45) is 7.74. The molecule has 244 valence electrons. The molecule has 0 bridgehead atoms. The molecule has 1 aliphatic carbocycles. The Morgan fingerprint density at radius 1 is 1.06 bits per heavy atom. The van der Waals surface area contributed by atoms with E-state index in [4.69, 9.17) is 21.3 Å². The monoisotopic (exact) mass is 661 g/mol. The molecule has 2 saturated heterocycles. The zero-order valence-electron chi connectivity index (χ0n) is 27.1. The number of amides is 1. The minimum Gasteiger partial charge on any atom is -0.481 e. The van der Waals surface area contributed by atoms with Crippen molar-refractivity contribution in [2.45, 2.75) is 50.6 Å². The van der Waals surface area contributed by atoms with Gasteiger partial charge >= 0.3 is 0 Å². The van der Waals surface area contributed by atoms with Gasteiger partial charge in [-0.15, -0.1) is 0 Å². The highest BCUT2D eigenvalue weighted by atomic mass is 35.5. The van der Waals surface area contributed by atoms with Crippen molar-refractivity contribution in [3.05, 3.63) is 93.0 Å². The van der Waals surface area contributed by atoms with Gasteiger partial charge in [0.05, 0.1) is 34.9 Å². The predicted molar refractivity (Wildman–Crippen MR) is 187 cm³/mol. The number of halogens is 1. The Morgan fingerprint density at radius 2 is 1.88 bits per heavy atom. The van der Waals surface area contributed by atoms with Gasteiger partial charge in [-0.25, -0.2) is 14.6 Å². The Kier molecular flexibility index (Phi) is 7.45. The van der Waals surface area contributed by atoms with E-state index in [-0.39, 0.29) is 23.0 Å². The van der Waals surface area contributed by atoms with Crippen LogP contribution in [0.15, 0.2) is 65.7 Å². The fourth-order valence-corrected chi connectivity index (χ4v) is 8.21. The summed E-state index contributed by atoms with van der Waals surface area (Å²) in [7, 11) is 3.31. The molecule has 2 N–H and O–H groups in total. The number of carbonyl (C=O) groups excluding carboxylic acids is 1. The van der Waals surface area contributed by atoms with E-state index >= 15 is 0 Å². The number of rotatable bonds is 6. The summed E-state index contributed by atoms with van der Waals surface area (Å²) in [6.45, 7) is 3.84. The minimum atomic E-state index is -0.220. The maximum absolute atomic E-state index is 13.0. The second-order valence-electron chi connectivity index (χ2n) is 13.2. The third-order valence-corrected chi connectivity index (χ3v) is 10.8. The van der Waals surface area contributed by atoms with Gasteiger partial charge < -0.3 is 15.4 Å². The van der Waals surface area contributed by atoms with Crippen LogP contribution in [0.4, 0.5) is 11.5 Å². The van der Waals surface area contributed by atoms with Gasteiger partial charge in [0.15, 0.2) is 0 Å². The van der Waals surface area contributed by atoms with E-state index in [0.29, 0.717) is 28.5 Å². The molecule has 2 aromatic carbocycles. The lowest BCUT2D eigenvalue weighted by molar-refractivity contribution is -0.119. The largest absolute Gasteiger partial charge is 0.481 e. The molecular formula is C37H36ClN7O3.